The average Bonchev–Trinajstić information content (AvgIpc) is 2.86. The Bertz CT molecular complexity index is 787. The molecule has 134 valence electrons. The van der Waals surface area contributed by atoms with E-state index in [-0.39, 0.29) is 12.1 Å². The van der Waals surface area contributed by atoms with Gasteiger partial charge in [0.1, 0.15) is 0 Å². The lowest BCUT2D eigenvalue weighted by Crippen LogP contribution is -2.40. The molecular formula is C20H25NO3S. The molecule has 3 rings (SSSR count). The number of sulfonamides is 1. The van der Waals surface area contributed by atoms with Gasteiger partial charge in [0.15, 0.2) is 0 Å². The third-order valence-electron chi connectivity index (χ3n) is 4.79. The SMILES string of the molecule is CC[C@@H]1C[C@H](c2ccccc2)OCCN1S(=O)(=O)c1ccc(C)cc1. The van der Waals surface area contributed by atoms with Gasteiger partial charge in [-0.05, 0) is 37.5 Å². The number of ether oxygens (including phenoxy) is 1. The predicted molar refractivity (Wildman–Crippen MR) is 98.9 cm³/mol. The molecule has 0 aromatic heterocycles. The van der Waals surface area contributed by atoms with Gasteiger partial charge in [-0.3, -0.25) is 0 Å². The molecule has 1 aliphatic rings. The van der Waals surface area contributed by atoms with Crippen molar-refractivity contribution in [3.8, 4) is 0 Å². The van der Waals surface area contributed by atoms with Crippen LogP contribution in [0.1, 0.15) is 37.0 Å². The summed E-state index contributed by atoms with van der Waals surface area (Å²) in [5.41, 5.74) is 2.16. The molecule has 0 unspecified atom stereocenters. The van der Waals surface area contributed by atoms with Crippen molar-refractivity contribution < 1.29 is 13.2 Å². The van der Waals surface area contributed by atoms with Crippen molar-refractivity contribution in [2.24, 2.45) is 0 Å². The molecule has 5 heteroatoms. The van der Waals surface area contributed by atoms with Crippen molar-refractivity contribution in [3.63, 3.8) is 0 Å². The van der Waals surface area contributed by atoms with E-state index in [9.17, 15) is 8.42 Å². The van der Waals surface area contributed by atoms with Crippen molar-refractivity contribution in [3.05, 3.63) is 65.7 Å². The van der Waals surface area contributed by atoms with Crippen LogP contribution in [-0.4, -0.2) is 31.9 Å². The van der Waals surface area contributed by atoms with Gasteiger partial charge in [-0.1, -0.05) is 55.0 Å². The quantitative estimate of drug-likeness (QED) is 0.831. The smallest absolute Gasteiger partial charge is 0.243 e. The summed E-state index contributed by atoms with van der Waals surface area (Å²) in [4.78, 5) is 0.356. The maximum absolute atomic E-state index is 13.1. The average molecular weight is 359 g/mol. The first-order chi connectivity index (χ1) is 12.0. The van der Waals surface area contributed by atoms with Crippen LogP contribution in [0.2, 0.25) is 0 Å². The lowest BCUT2D eigenvalue weighted by Gasteiger charge is -2.28. The van der Waals surface area contributed by atoms with Crippen molar-refractivity contribution in [1.29, 1.82) is 0 Å². The van der Waals surface area contributed by atoms with Crippen molar-refractivity contribution in [2.75, 3.05) is 13.2 Å². The Kier molecular flexibility index (Phi) is 5.57. The van der Waals surface area contributed by atoms with E-state index in [1.807, 2.05) is 56.3 Å². The largest absolute Gasteiger partial charge is 0.372 e. The topological polar surface area (TPSA) is 46.6 Å². The van der Waals surface area contributed by atoms with Gasteiger partial charge < -0.3 is 4.74 Å². The van der Waals surface area contributed by atoms with Gasteiger partial charge in [-0.15, -0.1) is 0 Å². The number of hydrogen-bond donors (Lipinski definition) is 0. The Hall–Kier alpha value is -1.69. The first kappa shape index (κ1) is 18.1. The molecule has 1 fully saturated rings. The van der Waals surface area contributed by atoms with Crippen LogP contribution in [-0.2, 0) is 14.8 Å². The molecule has 2 atom stereocenters. The van der Waals surface area contributed by atoms with Gasteiger partial charge >= 0.3 is 0 Å². The second-order valence-corrected chi connectivity index (χ2v) is 8.39. The molecule has 0 aliphatic carbocycles. The Morgan fingerprint density at radius 3 is 2.40 bits per heavy atom. The Morgan fingerprint density at radius 2 is 1.76 bits per heavy atom. The molecule has 0 saturated carbocycles. The zero-order valence-corrected chi connectivity index (χ0v) is 15.6. The van der Waals surface area contributed by atoms with Crippen molar-refractivity contribution in [1.82, 2.24) is 4.31 Å². The molecule has 1 aliphatic heterocycles. The van der Waals surface area contributed by atoms with Crippen LogP contribution in [0.25, 0.3) is 0 Å². The van der Waals surface area contributed by atoms with Crippen LogP contribution < -0.4 is 0 Å². The number of benzene rings is 2. The minimum atomic E-state index is -3.52. The first-order valence-electron chi connectivity index (χ1n) is 8.77. The first-order valence-corrected chi connectivity index (χ1v) is 10.2. The molecule has 2 aromatic rings. The zero-order chi connectivity index (χ0) is 17.9. The summed E-state index contributed by atoms with van der Waals surface area (Å²) in [6, 6.07) is 17.0. The lowest BCUT2D eigenvalue weighted by atomic mass is 10.0. The molecule has 2 aromatic carbocycles. The summed E-state index contributed by atoms with van der Waals surface area (Å²) >= 11 is 0. The number of aryl methyl sites for hydroxylation is 1. The van der Waals surface area contributed by atoms with E-state index in [1.165, 1.54) is 0 Å². The third kappa shape index (κ3) is 3.94. The second kappa shape index (κ2) is 7.68. The lowest BCUT2D eigenvalue weighted by molar-refractivity contribution is 0.0610. The fraction of sp³-hybridized carbons (Fsp3) is 0.400. The van der Waals surface area contributed by atoms with E-state index < -0.39 is 10.0 Å². The maximum Gasteiger partial charge on any atom is 0.243 e. The highest BCUT2D eigenvalue weighted by molar-refractivity contribution is 7.89. The molecule has 0 amide bonds. The van der Waals surface area contributed by atoms with Crippen molar-refractivity contribution in [2.45, 2.75) is 43.7 Å². The predicted octanol–water partition coefficient (Wildman–Crippen LogP) is 3.93. The number of hydrogen-bond acceptors (Lipinski definition) is 3. The Balaban J connectivity index is 1.87. The van der Waals surface area contributed by atoms with E-state index in [4.69, 9.17) is 4.74 Å². The summed E-state index contributed by atoms with van der Waals surface area (Å²) in [6.45, 7) is 4.78. The normalized spacial score (nSPS) is 22.5. The number of nitrogens with zero attached hydrogens (tertiary/aromatic N) is 1. The highest BCUT2D eigenvalue weighted by atomic mass is 32.2. The summed E-state index contributed by atoms with van der Waals surface area (Å²) in [6.07, 6.45) is 1.37. The minimum absolute atomic E-state index is 0.0654. The van der Waals surface area contributed by atoms with E-state index >= 15 is 0 Å². The van der Waals surface area contributed by atoms with Crippen molar-refractivity contribution >= 4 is 10.0 Å². The molecule has 0 N–H and O–H groups in total. The molecule has 1 saturated heterocycles. The highest BCUT2D eigenvalue weighted by Crippen LogP contribution is 2.31. The fourth-order valence-corrected chi connectivity index (χ4v) is 5.03. The van der Waals surface area contributed by atoms with E-state index in [0.717, 1.165) is 17.5 Å². The number of rotatable bonds is 4. The molecule has 25 heavy (non-hydrogen) atoms. The summed E-state index contributed by atoms with van der Waals surface area (Å²) < 4.78 is 33.9. The molecule has 1 heterocycles. The highest BCUT2D eigenvalue weighted by Gasteiger charge is 2.34. The minimum Gasteiger partial charge on any atom is -0.372 e. The van der Waals surface area contributed by atoms with E-state index in [2.05, 4.69) is 0 Å². The molecular weight excluding hydrogens is 334 g/mol. The summed E-state index contributed by atoms with van der Waals surface area (Å²) in [5.74, 6) is 0. The van der Waals surface area contributed by atoms with E-state index in [1.54, 1.807) is 16.4 Å². The molecule has 0 bridgehead atoms. The van der Waals surface area contributed by atoms with Crippen LogP contribution in [0.5, 0.6) is 0 Å². The van der Waals surface area contributed by atoms with Crippen LogP contribution in [0.3, 0.4) is 0 Å². The van der Waals surface area contributed by atoms with Crippen LogP contribution in [0, 0.1) is 6.92 Å². The monoisotopic (exact) mass is 359 g/mol. The molecule has 0 spiro atoms. The van der Waals surface area contributed by atoms with Gasteiger partial charge in [0.05, 0.1) is 17.6 Å². The van der Waals surface area contributed by atoms with Gasteiger partial charge in [-0.25, -0.2) is 8.42 Å². The molecule has 0 radical (unpaired) electrons. The zero-order valence-electron chi connectivity index (χ0n) is 14.8. The van der Waals surface area contributed by atoms with Crippen LogP contribution >= 0.6 is 0 Å². The van der Waals surface area contributed by atoms with Gasteiger partial charge in [0.2, 0.25) is 10.0 Å². The van der Waals surface area contributed by atoms with E-state index in [0.29, 0.717) is 24.5 Å². The Labute approximate surface area is 150 Å². The van der Waals surface area contributed by atoms with Crippen LogP contribution in [0.4, 0.5) is 0 Å². The third-order valence-corrected chi connectivity index (χ3v) is 6.76. The summed E-state index contributed by atoms with van der Waals surface area (Å²) in [5, 5.41) is 0. The fourth-order valence-electron chi connectivity index (χ4n) is 3.33. The Morgan fingerprint density at radius 1 is 1.08 bits per heavy atom. The van der Waals surface area contributed by atoms with Gasteiger partial charge in [0.25, 0.3) is 0 Å². The maximum atomic E-state index is 13.1. The second-order valence-electron chi connectivity index (χ2n) is 6.50. The van der Waals surface area contributed by atoms with Gasteiger partial charge in [0, 0.05) is 12.6 Å². The summed E-state index contributed by atoms with van der Waals surface area (Å²) in [7, 11) is -3.52. The van der Waals surface area contributed by atoms with Gasteiger partial charge in [-0.2, -0.15) is 4.31 Å². The standard InChI is InChI=1S/C20H25NO3S/c1-3-18-15-20(17-7-5-4-6-8-17)24-14-13-21(18)25(22,23)19-11-9-16(2)10-12-19/h4-12,18,20H,3,13-15H2,1-2H3/t18-,20-/m1/s1. The molecule has 4 nitrogen and oxygen atoms in total. The van der Waals surface area contributed by atoms with Crippen LogP contribution in [0.15, 0.2) is 59.5 Å².